The van der Waals surface area contributed by atoms with Gasteiger partial charge in [0.05, 0.1) is 19.4 Å². The van der Waals surface area contributed by atoms with Gasteiger partial charge in [0.1, 0.15) is 6.10 Å². The molecule has 0 aromatic carbocycles. The fraction of sp³-hybridized carbons (Fsp3) is 0.643. The lowest BCUT2D eigenvalue weighted by Gasteiger charge is -2.30. The third-order valence-electron chi connectivity index (χ3n) is 3.89. The van der Waals surface area contributed by atoms with Crippen molar-refractivity contribution >= 4 is 5.97 Å². The maximum absolute atomic E-state index is 12.0. The van der Waals surface area contributed by atoms with Gasteiger partial charge in [-0.05, 0) is 20.0 Å². The molecular weight excluding hydrogens is 272 g/mol. The number of hydrogen-bond donors (Lipinski definition) is 1. The Hall–Kier alpha value is -1.57. The van der Waals surface area contributed by atoms with Gasteiger partial charge in [0.2, 0.25) is 0 Å². The van der Waals surface area contributed by atoms with E-state index in [-0.39, 0.29) is 6.10 Å². The zero-order chi connectivity index (χ0) is 14.8. The molecule has 3 heterocycles. The van der Waals surface area contributed by atoms with Gasteiger partial charge >= 0.3 is 5.97 Å². The number of methoxy groups -OCH3 is 1. The Morgan fingerprint density at radius 2 is 2.33 bits per heavy atom. The lowest BCUT2D eigenvalue weighted by atomic mass is 10.0. The van der Waals surface area contributed by atoms with Gasteiger partial charge in [0, 0.05) is 25.2 Å². The summed E-state index contributed by atoms with van der Waals surface area (Å²) in [6.45, 7) is 3.74. The molecule has 1 saturated heterocycles. The lowest BCUT2D eigenvalue weighted by Crippen LogP contribution is -2.37. The van der Waals surface area contributed by atoms with Crippen LogP contribution in [0.2, 0.25) is 0 Å². The highest BCUT2D eigenvalue weighted by Crippen LogP contribution is 2.23. The molecule has 1 aromatic rings. The Morgan fingerprint density at radius 3 is 3.10 bits per heavy atom. The van der Waals surface area contributed by atoms with Gasteiger partial charge in [-0.15, -0.1) is 0 Å². The molecule has 1 fully saturated rings. The van der Waals surface area contributed by atoms with Crippen LogP contribution in [-0.2, 0) is 22.4 Å². The number of carbonyl (C=O) groups excluding carboxylic acids is 1. The summed E-state index contributed by atoms with van der Waals surface area (Å²) >= 11 is 0. The summed E-state index contributed by atoms with van der Waals surface area (Å²) in [6.07, 6.45) is 0.547. The lowest BCUT2D eigenvalue weighted by molar-refractivity contribution is -0.0257. The first-order valence-corrected chi connectivity index (χ1v) is 7.18. The normalized spacial score (nSPS) is 22.7. The van der Waals surface area contributed by atoms with Crippen molar-refractivity contribution in [2.45, 2.75) is 19.1 Å². The van der Waals surface area contributed by atoms with Crippen LogP contribution in [0.4, 0.5) is 0 Å². The molecule has 7 nitrogen and oxygen atoms in total. The highest BCUT2D eigenvalue weighted by atomic mass is 16.5. The standard InChI is InChI=1S/C14H20N4O3/c1-18-5-6-21-11(8-18)13-16-10-7-15-4-3-9(10)12(17-13)14(19)20-2/h11,15H,3-8H2,1-2H3. The predicted molar refractivity (Wildman–Crippen MR) is 75.0 cm³/mol. The van der Waals surface area contributed by atoms with Crippen molar-refractivity contribution in [1.82, 2.24) is 20.2 Å². The van der Waals surface area contributed by atoms with E-state index in [2.05, 4.69) is 20.2 Å². The Morgan fingerprint density at radius 1 is 1.48 bits per heavy atom. The molecular formula is C14H20N4O3. The molecule has 1 N–H and O–H groups in total. The first-order chi connectivity index (χ1) is 10.2. The molecule has 114 valence electrons. The van der Waals surface area contributed by atoms with Gasteiger partial charge in [-0.1, -0.05) is 0 Å². The average Bonchev–Trinajstić information content (AvgIpc) is 2.53. The molecule has 1 unspecified atom stereocenters. The minimum atomic E-state index is -0.402. The molecule has 0 amide bonds. The minimum absolute atomic E-state index is 0.195. The largest absolute Gasteiger partial charge is 0.464 e. The average molecular weight is 292 g/mol. The van der Waals surface area contributed by atoms with Gasteiger partial charge in [-0.3, -0.25) is 0 Å². The highest BCUT2D eigenvalue weighted by molar-refractivity contribution is 5.89. The van der Waals surface area contributed by atoms with E-state index in [1.54, 1.807) is 0 Å². The molecule has 2 aliphatic heterocycles. The van der Waals surface area contributed by atoms with Crippen molar-refractivity contribution in [1.29, 1.82) is 0 Å². The van der Waals surface area contributed by atoms with E-state index in [0.29, 0.717) is 24.7 Å². The number of nitrogens with one attached hydrogen (secondary N) is 1. The first-order valence-electron chi connectivity index (χ1n) is 7.18. The molecule has 21 heavy (non-hydrogen) atoms. The summed E-state index contributed by atoms with van der Waals surface area (Å²) in [6, 6.07) is 0. The van der Waals surface area contributed by atoms with Crippen LogP contribution in [0, 0.1) is 0 Å². The summed E-state index contributed by atoms with van der Waals surface area (Å²) in [5.41, 5.74) is 2.16. The second-order valence-electron chi connectivity index (χ2n) is 5.40. The Balaban J connectivity index is 1.99. The quantitative estimate of drug-likeness (QED) is 0.763. The maximum atomic E-state index is 12.0. The molecule has 1 atom stereocenters. The zero-order valence-electron chi connectivity index (χ0n) is 12.4. The van der Waals surface area contributed by atoms with Gasteiger partial charge in [-0.25, -0.2) is 14.8 Å². The fourth-order valence-electron chi connectivity index (χ4n) is 2.72. The SMILES string of the molecule is COC(=O)c1nc(C2CN(C)CCO2)nc2c1CCNC2. The summed E-state index contributed by atoms with van der Waals surface area (Å²) < 4.78 is 10.6. The second-order valence-corrected chi connectivity index (χ2v) is 5.40. The van der Waals surface area contributed by atoms with Crippen LogP contribution in [0.25, 0.3) is 0 Å². The monoisotopic (exact) mass is 292 g/mol. The molecule has 1 aromatic heterocycles. The van der Waals surface area contributed by atoms with Gasteiger partial charge < -0.3 is 19.7 Å². The van der Waals surface area contributed by atoms with Crippen molar-refractivity contribution in [3.63, 3.8) is 0 Å². The van der Waals surface area contributed by atoms with Gasteiger partial charge in [0.15, 0.2) is 11.5 Å². The van der Waals surface area contributed by atoms with Crippen LogP contribution in [0.5, 0.6) is 0 Å². The van der Waals surface area contributed by atoms with E-state index in [1.807, 2.05) is 7.05 Å². The summed E-state index contributed by atoms with van der Waals surface area (Å²) in [5.74, 6) is 0.172. The van der Waals surface area contributed by atoms with Crippen LogP contribution >= 0.6 is 0 Å². The van der Waals surface area contributed by atoms with Crippen LogP contribution in [0.15, 0.2) is 0 Å². The van der Waals surface area contributed by atoms with Crippen LogP contribution < -0.4 is 5.32 Å². The van der Waals surface area contributed by atoms with Crippen LogP contribution in [-0.4, -0.2) is 61.2 Å². The third-order valence-corrected chi connectivity index (χ3v) is 3.89. The highest BCUT2D eigenvalue weighted by Gasteiger charge is 2.28. The Bertz CT molecular complexity index is 549. The van der Waals surface area contributed by atoms with Gasteiger partial charge in [-0.2, -0.15) is 0 Å². The Labute approximate surface area is 123 Å². The fourth-order valence-corrected chi connectivity index (χ4v) is 2.72. The maximum Gasteiger partial charge on any atom is 0.357 e. The van der Waals surface area contributed by atoms with Crippen LogP contribution in [0.3, 0.4) is 0 Å². The Kier molecular flexibility index (Phi) is 4.14. The van der Waals surface area contributed by atoms with Crippen molar-refractivity contribution in [3.05, 3.63) is 22.8 Å². The molecule has 2 aliphatic rings. The zero-order valence-corrected chi connectivity index (χ0v) is 12.4. The van der Waals surface area contributed by atoms with E-state index in [9.17, 15) is 4.79 Å². The summed E-state index contributed by atoms with van der Waals surface area (Å²) in [4.78, 5) is 23.2. The molecule has 7 heteroatoms. The number of likely N-dealkylation sites (N-methyl/N-ethyl adjacent to an activating group) is 1. The molecule has 3 rings (SSSR count). The number of nitrogens with zero attached hydrogens (tertiary/aromatic N) is 3. The number of ether oxygens (including phenoxy) is 2. The molecule has 0 aliphatic carbocycles. The summed E-state index contributed by atoms with van der Waals surface area (Å²) in [7, 11) is 3.42. The van der Waals surface area contributed by atoms with Crippen molar-refractivity contribution < 1.29 is 14.3 Å². The molecule has 0 spiro atoms. The molecule has 0 saturated carbocycles. The first kappa shape index (κ1) is 14.4. The molecule has 0 radical (unpaired) electrons. The summed E-state index contributed by atoms with van der Waals surface area (Å²) in [5, 5.41) is 3.27. The molecule has 0 bridgehead atoms. The number of morpholine rings is 1. The van der Waals surface area contributed by atoms with Crippen LogP contribution in [0.1, 0.15) is 33.7 Å². The van der Waals surface area contributed by atoms with E-state index < -0.39 is 5.97 Å². The van der Waals surface area contributed by atoms with Crippen molar-refractivity contribution in [3.8, 4) is 0 Å². The van der Waals surface area contributed by atoms with Crippen molar-refractivity contribution in [2.24, 2.45) is 0 Å². The number of esters is 1. The second kappa shape index (κ2) is 6.05. The van der Waals surface area contributed by atoms with Crippen molar-refractivity contribution in [2.75, 3.05) is 40.4 Å². The van der Waals surface area contributed by atoms with E-state index >= 15 is 0 Å². The van der Waals surface area contributed by atoms with E-state index in [4.69, 9.17) is 9.47 Å². The predicted octanol–water partition coefficient (Wildman–Crippen LogP) is -0.0880. The number of fused-ring (bicyclic) bond motifs is 1. The van der Waals surface area contributed by atoms with E-state index in [1.165, 1.54) is 7.11 Å². The number of hydrogen-bond acceptors (Lipinski definition) is 7. The number of rotatable bonds is 2. The smallest absolute Gasteiger partial charge is 0.357 e. The topological polar surface area (TPSA) is 76.6 Å². The number of aromatic nitrogens is 2. The minimum Gasteiger partial charge on any atom is -0.464 e. The third kappa shape index (κ3) is 2.90. The van der Waals surface area contributed by atoms with Gasteiger partial charge in [0.25, 0.3) is 0 Å². The number of carbonyl (C=O) groups is 1. The van der Waals surface area contributed by atoms with E-state index in [0.717, 1.165) is 37.3 Å².